The van der Waals surface area contributed by atoms with Gasteiger partial charge in [0.2, 0.25) is 5.91 Å². The maximum Gasteiger partial charge on any atom is 0.348 e. The molecule has 5 nitrogen and oxygen atoms in total. The van der Waals surface area contributed by atoms with Gasteiger partial charge in [-0.05, 0) is 30.2 Å². The van der Waals surface area contributed by atoms with Crippen LogP contribution in [0.2, 0.25) is 0 Å². The summed E-state index contributed by atoms with van der Waals surface area (Å²) in [5.41, 5.74) is 1.66. The van der Waals surface area contributed by atoms with E-state index in [1.807, 2.05) is 30.3 Å². The smallest absolute Gasteiger partial charge is 0.348 e. The summed E-state index contributed by atoms with van der Waals surface area (Å²) < 4.78 is 5.62. The maximum absolute atomic E-state index is 12.2. The van der Waals surface area contributed by atoms with Crippen molar-refractivity contribution in [2.45, 2.75) is 13.3 Å². The number of anilines is 1. The van der Waals surface area contributed by atoms with Gasteiger partial charge in [0.25, 0.3) is 0 Å². The number of thiophene rings is 1. The number of ether oxygens (including phenoxy) is 1. The van der Waals surface area contributed by atoms with Gasteiger partial charge in [0.15, 0.2) is 0 Å². The molecule has 1 amide bonds. The Morgan fingerprint density at radius 3 is 2.57 bits per heavy atom. The minimum absolute atomic E-state index is 0.183. The van der Waals surface area contributed by atoms with Crippen molar-refractivity contribution in [3.8, 4) is 6.07 Å². The zero-order valence-electron chi connectivity index (χ0n) is 12.5. The van der Waals surface area contributed by atoms with Gasteiger partial charge in [-0.1, -0.05) is 28.1 Å². The molecule has 0 aliphatic carbocycles. The number of benzene rings is 1. The van der Waals surface area contributed by atoms with E-state index in [1.165, 1.54) is 7.11 Å². The molecule has 0 aliphatic rings. The number of rotatable bonds is 4. The second-order valence-electron chi connectivity index (χ2n) is 4.72. The molecule has 7 heteroatoms. The number of nitrogens with zero attached hydrogens (tertiary/aromatic N) is 1. The van der Waals surface area contributed by atoms with E-state index in [2.05, 4.69) is 26.0 Å². The van der Waals surface area contributed by atoms with Gasteiger partial charge in [0.1, 0.15) is 15.9 Å². The molecule has 0 aliphatic heterocycles. The molecule has 1 aromatic heterocycles. The molecule has 1 heterocycles. The summed E-state index contributed by atoms with van der Waals surface area (Å²) in [6, 6.07) is 9.42. The quantitative estimate of drug-likeness (QED) is 0.805. The molecule has 2 rings (SSSR count). The lowest BCUT2D eigenvalue weighted by Crippen LogP contribution is -2.14. The number of esters is 1. The Hall–Kier alpha value is -2.17. The van der Waals surface area contributed by atoms with Crippen LogP contribution in [0.5, 0.6) is 0 Å². The second kappa shape index (κ2) is 7.40. The third-order valence-corrected chi connectivity index (χ3v) is 4.88. The first-order chi connectivity index (χ1) is 11.0. The molecule has 0 bridgehead atoms. The number of nitrogens with one attached hydrogen (secondary N) is 1. The normalized spacial score (nSPS) is 10.0. The van der Waals surface area contributed by atoms with Gasteiger partial charge < -0.3 is 10.1 Å². The highest BCUT2D eigenvalue weighted by Crippen LogP contribution is 2.33. The van der Waals surface area contributed by atoms with Crippen LogP contribution < -0.4 is 5.32 Å². The van der Waals surface area contributed by atoms with E-state index < -0.39 is 5.97 Å². The van der Waals surface area contributed by atoms with Gasteiger partial charge in [0, 0.05) is 4.47 Å². The third-order valence-electron chi connectivity index (χ3n) is 3.16. The molecule has 0 unspecified atom stereocenters. The van der Waals surface area contributed by atoms with Gasteiger partial charge in [-0.2, -0.15) is 5.26 Å². The summed E-state index contributed by atoms with van der Waals surface area (Å²) in [5, 5.41) is 12.3. The molecule has 0 fully saturated rings. The lowest BCUT2D eigenvalue weighted by atomic mass is 10.1. The molecule has 2 aromatic rings. The first-order valence-corrected chi connectivity index (χ1v) is 8.23. The van der Waals surface area contributed by atoms with Crippen molar-refractivity contribution in [1.29, 1.82) is 5.26 Å². The highest BCUT2D eigenvalue weighted by Gasteiger charge is 2.21. The number of hydrogen-bond donors (Lipinski definition) is 1. The molecular weight excluding hydrogens is 380 g/mol. The van der Waals surface area contributed by atoms with Crippen LogP contribution >= 0.6 is 27.3 Å². The Labute approximate surface area is 146 Å². The number of amides is 1. The van der Waals surface area contributed by atoms with Crippen LogP contribution in [0.4, 0.5) is 5.00 Å². The van der Waals surface area contributed by atoms with Gasteiger partial charge in [-0.25, -0.2) is 4.79 Å². The fourth-order valence-electron chi connectivity index (χ4n) is 1.98. The number of hydrogen-bond acceptors (Lipinski definition) is 5. The topological polar surface area (TPSA) is 79.2 Å². The Balaban J connectivity index is 2.19. The van der Waals surface area contributed by atoms with E-state index >= 15 is 0 Å². The van der Waals surface area contributed by atoms with Crippen molar-refractivity contribution in [2.24, 2.45) is 0 Å². The number of methoxy groups -OCH3 is 1. The van der Waals surface area contributed by atoms with Gasteiger partial charge in [-0.3, -0.25) is 4.79 Å². The molecule has 1 N–H and O–H groups in total. The SMILES string of the molecule is COC(=O)c1sc(NC(=O)Cc2ccc(Br)cc2)c(C#N)c1C. The number of halogens is 1. The highest BCUT2D eigenvalue weighted by molar-refractivity contribution is 9.10. The minimum atomic E-state index is -0.516. The largest absolute Gasteiger partial charge is 0.465 e. The van der Waals surface area contributed by atoms with Crippen LogP contribution in [0, 0.1) is 18.3 Å². The van der Waals surface area contributed by atoms with Crippen LogP contribution in [0.1, 0.15) is 26.4 Å². The van der Waals surface area contributed by atoms with E-state index in [0.717, 1.165) is 21.4 Å². The Bertz CT molecular complexity index is 791. The minimum Gasteiger partial charge on any atom is -0.465 e. The predicted molar refractivity (Wildman–Crippen MR) is 91.6 cm³/mol. The van der Waals surface area contributed by atoms with Crippen molar-refractivity contribution in [2.75, 3.05) is 12.4 Å². The summed E-state index contributed by atoms with van der Waals surface area (Å²) in [6.07, 6.45) is 0.183. The van der Waals surface area contributed by atoms with Crippen LogP contribution in [0.3, 0.4) is 0 Å². The Morgan fingerprint density at radius 1 is 1.35 bits per heavy atom. The van der Waals surface area contributed by atoms with Crippen molar-refractivity contribution >= 4 is 44.1 Å². The van der Waals surface area contributed by atoms with Crippen LogP contribution in [-0.2, 0) is 16.0 Å². The second-order valence-corrected chi connectivity index (χ2v) is 6.65. The summed E-state index contributed by atoms with van der Waals surface area (Å²) in [7, 11) is 1.28. The number of nitriles is 1. The highest BCUT2D eigenvalue weighted by atomic mass is 79.9. The van der Waals surface area contributed by atoms with Crippen LogP contribution in [0.25, 0.3) is 0 Å². The standard InChI is InChI=1S/C16H13BrN2O3S/c1-9-12(8-18)15(23-14(9)16(21)22-2)19-13(20)7-10-3-5-11(17)6-4-10/h3-6H,7H2,1-2H3,(H,19,20). The van der Waals surface area contributed by atoms with E-state index in [-0.39, 0.29) is 12.3 Å². The summed E-state index contributed by atoms with van der Waals surface area (Å²) in [5.74, 6) is -0.765. The summed E-state index contributed by atoms with van der Waals surface area (Å²) >= 11 is 4.38. The fraction of sp³-hybridized carbons (Fsp3) is 0.188. The molecule has 0 saturated heterocycles. The molecule has 0 spiro atoms. The molecular formula is C16H13BrN2O3S. The summed E-state index contributed by atoms with van der Waals surface area (Å²) in [4.78, 5) is 24.2. The lowest BCUT2D eigenvalue weighted by molar-refractivity contribution is -0.115. The Kier molecular flexibility index (Phi) is 5.53. The zero-order chi connectivity index (χ0) is 17.0. The van der Waals surface area contributed by atoms with Crippen molar-refractivity contribution in [3.05, 3.63) is 50.3 Å². The lowest BCUT2D eigenvalue weighted by Gasteiger charge is -2.04. The molecule has 0 radical (unpaired) electrons. The summed E-state index contributed by atoms with van der Waals surface area (Å²) in [6.45, 7) is 1.66. The van der Waals surface area contributed by atoms with Gasteiger partial charge in [0.05, 0.1) is 19.1 Å². The van der Waals surface area contributed by atoms with E-state index in [1.54, 1.807) is 6.92 Å². The molecule has 1 aromatic carbocycles. The van der Waals surface area contributed by atoms with E-state index in [0.29, 0.717) is 21.0 Å². The van der Waals surface area contributed by atoms with Crippen LogP contribution in [-0.4, -0.2) is 19.0 Å². The number of carbonyl (C=O) groups excluding carboxylic acids is 2. The van der Waals surface area contributed by atoms with Crippen LogP contribution in [0.15, 0.2) is 28.7 Å². The van der Waals surface area contributed by atoms with Gasteiger partial charge >= 0.3 is 5.97 Å². The maximum atomic E-state index is 12.2. The average molecular weight is 393 g/mol. The van der Waals surface area contributed by atoms with Crippen molar-refractivity contribution in [1.82, 2.24) is 0 Å². The first kappa shape index (κ1) is 17.2. The molecule has 0 saturated carbocycles. The molecule has 0 atom stereocenters. The first-order valence-electron chi connectivity index (χ1n) is 6.62. The average Bonchev–Trinajstić information content (AvgIpc) is 2.84. The molecule has 23 heavy (non-hydrogen) atoms. The van der Waals surface area contributed by atoms with Crippen molar-refractivity contribution in [3.63, 3.8) is 0 Å². The monoisotopic (exact) mass is 392 g/mol. The Morgan fingerprint density at radius 2 is 2.00 bits per heavy atom. The number of carbonyl (C=O) groups is 2. The third kappa shape index (κ3) is 3.97. The van der Waals surface area contributed by atoms with E-state index in [4.69, 9.17) is 0 Å². The zero-order valence-corrected chi connectivity index (χ0v) is 14.9. The molecule has 118 valence electrons. The van der Waals surface area contributed by atoms with E-state index in [9.17, 15) is 14.9 Å². The predicted octanol–water partition coefficient (Wildman–Crippen LogP) is 3.66. The van der Waals surface area contributed by atoms with Crippen molar-refractivity contribution < 1.29 is 14.3 Å². The fourth-order valence-corrected chi connectivity index (χ4v) is 3.34. The van der Waals surface area contributed by atoms with Gasteiger partial charge in [-0.15, -0.1) is 11.3 Å².